The number of rotatable bonds is 1. The molecule has 0 aliphatic heterocycles. The highest BCUT2D eigenvalue weighted by Crippen LogP contribution is 1.76. The summed E-state index contributed by atoms with van der Waals surface area (Å²) in [5.74, 6) is -0.157. The fourth-order valence-electron chi connectivity index (χ4n) is 0. The van der Waals surface area contributed by atoms with Crippen LogP contribution in [0, 0.1) is 0 Å². The molecular weight excluding hydrogens is 132 g/mol. The van der Waals surface area contributed by atoms with Gasteiger partial charge in [0.15, 0.2) is 0 Å². The van der Waals surface area contributed by atoms with Gasteiger partial charge in [-0.1, -0.05) is 15.9 Å². The first-order valence-electron chi connectivity index (χ1n) is 1.79. The first kappa shape index (κ1) is 3.34. The second kappa shape index (κ2) is 2.39. The summed E-state index contributed by atoms with van der Waals surface area (Å²) >= 11 is 2.76. The SMILES string of the molecule is [2H]C(Br)C(C)=O. The van der Waals surface area contributed by atoms with E-state index in [1.165, 1.54) is 6.92 Å². The molecule has 1 atom stereocenters. The average molecular weight is 138 g/mol. The summed E-state index contributed by atoms with van der Waals surface area (Å²) < 4.78 is 6.60. The minimum atomic E-state index is -0.725. The van der Waals surface area contributed by atoms with Crippen LogP contribution in [-0.2, 0) is 4.79 Å². The Kier molecular flexibility index (Phi) is 1.60. The summed E-state index contributed by atoms with van der Waals surface area (Å²) in [5, 5.41) is -0.725. The standard InChI is InChI=1S/C3H5BrO/c1-3(5)2-4/h2H2,1H3/i2D. The summed E-state index contributed by atoms with van der Waals surface area (Å²) in [5.41, 5.74) is 0. The van der Waals surface area contributed by atoms with Gasteiger partial charge in [-0.25, -0.2) is 0 Å². The van der Waals surface area contributed by atoms with Crippen molar-refractivity contribution >= 4 is 21.7 Å². The maximum Gasteiger partial charge on any atom is 0.140 e. The van der Waals surface area contributed by atoms with Gasteiger partial charge in [0.25, 0.3) is 0 Å². The van der Waals surface area contributed by atoms with E-state index in [9.17, 15) is 4.79 Å². The summed E-state index contributed by atoms with van der Waals surface area (Å²) in [4.78, 5) is 9.91. The van der Waals surface area contributed by atoms with Crippen LogP contribution < -0.4 is 0 Å². The second-order valence-corrected chi connectivity index (χ2v) is 1.18. The number of alkyl halides is 1. The molecule has 0 amide bonds. The van der Waals surface area contributed by atoms with Crippen LogP contribution in [0.4, 0.5) is 0 Å². The number of halogens is 1. The van der Waals surface area contributed by atoms with Crippen molar-refractivity contribution in [2.75, 3.05) is 5.31 Å². The van der Waals surface area contributed by atoms with Crippen molar-refractivity contribution in [3.8, 4) is 0 Å². The Labute approximate surface area is 40.9 Å². The van der Waals surface area contributed by atoms with Crippen LogP contribution in [0.15, 0.2) is 0 Å². The predicted molar refractivity (Wildman–Crippen MR) is 24.5 cm³/mol. The quantitative estimate of drug-likeness (QED) is 0.493. The zero-order valence-electron chi connectivity index (χ0n) is 3.86. The Hall–Kier alpha value is 0.150. The lowest BCUT2D eigenvalue weighted by Crippen LogP contribution is -1.85. The molecule has 0 aromatic rings. The highest BCUT2D eigenvalue weighted by atomic mass is 79.9. The Morgan fingerprint density at radius 2 is 2.60 bits per heavy atom. The molecule has 1 unspecified atom stereocenters. The molecular formula is C3H5BrO. The minimum absolute atomic E-state index is 0.157. The molecule has 0 aliphatic carbocycles. The van der Waals surface area contributed by atoms with Crippen molar-refractivity contribution in [1.82, 2.24) is 0 Å². The predicted octanol–water partition coefficient (Wildman–Crippen LogP) is 0.970. The number of hydrogen-bond donors (Lipinski definition) is 0. The third kappa shape index (κ3) is 4.15. The van der Waals surface area contributed by atoms with Crippen LogP contribution in [0.5, 0.6) is 0 Å². The molecule has 0 radical (unpaired) electrons. The van der Waals surface area contributed by atoms with Crippen LogP contribution in [-0.4, -0.2) is 11.1 Å². The van der Waals surface area contributed by atoms with Crippen LogP contribution >= 0.6 is 15.9 Å². The van der Waals surface area contributed by atoms with Crippen molar-refractivity contribution in [3.63, 3.8) is 0 Å². The van der Waals surface area contributed by atoms with Gasteiger partial charge < -0.3 is 0 Å². The molecule has 0 bridgehead atoms. The minimum Gasteiger partial charge on any atom is -0.299 e. The fourth-order valence-corrected chi connectivity index (χ4v) is 0. The van der Waals surface area contributed by atoms with Gasteiger partial charge in [0.1, 0.15) is 5.78 Å². The van der Waals surface area contributed by atoms with Crippen molar-refractivity contribution in [3.05, 3.63) is 0 Å². The smallest absolute Gasteiger partial charge is 0.140 e. The Morgan fingerprint density at radius 3 is 2.60 bits per heavy atom. The molecule has 0 heterocycles. The van der Waals surface area contributed by atoms with Crippen LogP contribution in [0.3, 0.4) is 0 Å². The van der Waals surface area contributed by atoms with Gasteiger partial charge in [0, 0.05) is 1.37 Å². The molecule has 5 heavy (non-hydrogen) atoms. The van der Waals surface area contributed by atoms with E-state index in [0.29, 0.717) is 0 Å². The second-order valence-electron chi connectivity index (χ2n) is 0.720. The largest absolute Gasteiger partial charge is 0.299 e. The molecule has 0 N–H and O–H groups in total. The Balaban J connectivity index is 3.26. The lowest BCUT2D eigenvalue weighted by atomic mass is 10.5. The van der Waals surface area contributed by atoms with Gasteiger partial charge in [-0.2, -0.15) is 0 Å². The lowest BCUT2D eigenvalue weighted by Gasteiger charge is -1.69. The molecule has 0 fully saturated rings. The number of Topliss-reactive ketones (excluding diaryl/α,β-unsaturated/α-hetero) is 1. The first-order chi connectivity index (χ1) is 2.64. The van der Waals surface area contributed by atoms with Crippen LogP contribution in [0.1, 0.15) is 8.29 Å². The highest BCUT2D eigenvalue weighted by Gasteiger charge is 1.78. The fraction of sp³-hybridized carbons (Fsp3) is 0.667. The van der Waals surface area contributed by atoms with Gasteiger partial charge in [0.2, 0.25) is 0 Å². The Morgan fingerprint density at radius 1 is 2.40 bits per heavy atom. The summed E-state index contributed by atoms with van der Waals surface area (Å²) in [7, 11) is 0. The van der Waals surface area contributed by atoms with E-state index in [4.69, 9.17) is 1.37 Å². The first-order valence-corrected chi connectivity index (χ1v) is 2.13. The van der Waals surface area contributed by atoms with E-state index in [1.54, 1.807) is 0 Å². The summed E-state index contributed by atoms with van der Waals surface area (Å²) in [6.45, 7) is 1.37. The summed E-state index contributed by atoms with van der Waals surface area (Å²) in [6, 6.07) is 0. The zero-order chi connectivity index (χ0) is 5.15. The van der Waals surface area contributed by atoms with Crippen molar-refractivity contribution < 1.29 is 6.17 Å². The lowest BCUT2D eigenvalue weighted by molar-refractivity contribution is -0.114. The topological polar surface area (TPSA) is 17.1 Å². The molecule has 0 rings (SSSR count). The van der Waals surface area contributed by atoms with Crippen LogP contribution in [0.25, 0.3) is 0 Å². The highest BCUT2D eigenvalue weighted by molar-refractivity contribution is 9.09. The molecule has 0 aromatic carbocycles. The van der Waals surface area contributed by atoms with Crippen molar-refractivity contribution in [1.29, 1.82) is 0 Å². The van der Waals surface area contributed by atoms with Crippen molar-refractivity contribution in [2.24, 2.45) is 0 Å². The molecule has 0 aliphatic rings. The Bertz CT molecular complexity index is 61.8. The number of carbonyl (C=O) groups is 1. The van der Waals surface area contributed by atoms with Gasteiger partial charge >= 0.3 is 0 Å². The molecule has 0 saturated heterocycles. The van der Waals surface area contributed by atoms with E-state index >= 15 is 0 Å². The molecule has 0 aromatic heterocycles. The van der Waals surface area contributed by atoms with Gasteiger partial charge in [-0.15, -0.1) is 0 Å². The number of hydrogen-bond acceptors (Lipinski definition) is 1. The molecule has 0 spiro atoms. The zero-order valence-corrected chi connectivity index (χ0v) is 4.45. The van der Waals surface area contributed by atoms with Crippen molar-refractivity contribution in [2.45, 2.75) is 6.92 Å². The van der Waals surface area contributed by atoms with E-state index in [-0.39, 0.29) is 5.78 Å². The third-order valence-corrected chi connectivity index (χ3v) is 0.798. The molecule has 30 valence electrons. The molecule has 0 saturated carbocycles. The molecule has 2 heteroatoms. The monoisotopic (exact) mass is 137 g/mol. The maximum absolute atomic E-state index is 9.91. The van der Waals surface area contributed by atoms with E-state index < -0.39 is 5.31 Å². The normalized spacial score (nSPS) is 16.8. The number of ketones is 1. The van der Waals surface area contributed by atoms with E-state index in [1.807, 2.05) is 0 Å². The maximum atomic E-state index is 9.91. The van der Waals surface area contributed by atoms with E-state index in [2.05, 4.69) is 15.9 Å². The van der Waals surface area contributed by atoms with Gasteiger partial charge in [-0.05, 0) is 6.92 Å². The summed E-state index contributed by atoms with van der Waals surface area (Å²) in [6.07, 6.45) is 0. The molecule has 1 nitrogen and oxygen atoms in total. The van der Waals surface area contributed by atoms with Gasteiger partial charge in [0.05, 0.1) is 5.31 Å². The number of carbonyl (C=O) groups excluding carboxylic acids is 1. The third-order valence-electron chi connectivity index (χ3n) is 0.154. The van der Waals surface area contributed by atoms with E-state index in [0.717, 1.165) is 0 Å². The average Bonchev–Trinajstić information content (AvgIpc) is 1.36. The van der Waals surface area contributed by atoms with Crippen LogP contribution in [0.2, 0.25) is 0 Å². The van der Waals surface area contributed by atoms with Gasteiger partial charge in [-0.3, -0.25) is 4.79 Å².